The van der Waals surface area contributed by atoms with E-state index >= 15 is 0 Å². The Hall–Kier alpha value is -2.95. The van der Waals surface area contributed by atoms with Crippen molar-refractivity contribution in [2.75, 3.05) is 13.2 Å². The fraction of sp³-hybridized carbons (Fsp3) is 0.556. The van der Waals surface area contributed by atoms with E-state index in [2.05, 4.69) is 35.9 Å². The van der Waals surface area contributed by atoms with Gasteiger partial charge >= 0.3 is 0 Å². The van der Waals surface area contributed by atoms with Crippen LogP contribution in [0.25, 0.3) is 22.5 Å². The van der Waals surface area contributed by atoms with Gasteiger partial charge in [0.15, 0.2) is 5.82 Å². The molecule has 5 heteroatoms. The van der Waals surface area contributed by atoms with Gasteiger partial charge < -0.3 is 9.47 Å². The fourth-order valence-electron chi connectivity index (χ4n) is 4.91. The average Bonchev–Trinajstić information content (AvgIpc) is 3.01. The van der Waals surface area contributed by atoms with Gasteiger partial charge in [-0.1, -0.05) is 109 Å². The van der Waals surface area contributed by atoms with Gasteiger partial charge in [0.05, 0.1) is 6.61 Å². The zero-order valence-corrected chi connectivity index (χ0v) is 25.5. The second-order valence-corrected chi connectivity index (χ2v) is 11.1. The van der Waals surface area contributed by atoms with E-state index in [1.807, 2.05) is 48.8 Å². The number of benzene rings is 2. The van der Waals surface area contributed by atoms with Gasteiger partial charge in [-0.3, -0.25) is 0 Å². The van der Waals surface area contributed by atoms with Crippen LogP contribution in [0.1, 0.15) is 110 Å². The van der Waals surface area contributed by atoms with Crippen molar-refractivity contribution < 1.29 is 13.9 Å². The SMILES string of the molecule is CCCCCCCCCCCCOc1ccc(-c2cnc(-c3ccc(OCC(F)CCCCCC)cc3)nc2)cc1. The van der Waals surface area contributed by atoms with Crippen LogP contribution < -0.4 is 9.47 Å². The smallest absolute Gasteiger partial charge is 0.159 e. The van der Waals surface area contributed by atoms with Crippen LogP contribution in [0.5, 0.6) is 11.5 Å². The minimum atomic E-state index is -0.924. The summed E-state index contributed by atoms with van der Waals surface area (Å²) in [6.45, 7) is 5.30. The van der Waals surface area contributed by atoms with Crippen molar-refractivity contribution in [1.82, 2.24) is 9.97 Å². The maximum absolute atomic E-state index is 14.1. The van der Waals surface area contributed by atoms with Crippen molar-refractivity contribution >= 4 is 0 Å². The first kappa shape index (κ1) is 32.6. The van der Waals surface area contributed by atoms with Crippen LogP contribution in [0.2, 0.25) is 0 Å². The number of nitrogens with zero attached hydrogens (tertiary/aromatic N) is 2. The van der Waals surface area contributed by atoms with Gasteiger partial charge in [-0.2, -0.15) is 0 Å². The normalized spacial score (nSPS) is 11.9. The molecule has 1 aromatic heterocycles. The summed E-state index contributed by atoms with van der Waals surface area (Å²) in [5, 5.41) is 0. The molecule has 224 valence electrons. The maximum Gasteiger partial charge on any atom is 0.159 e. The highest BCUT2D eigenvalue weighted by Crippen LogP contribution is 2.24. The van der Waals surface area contributed by atoms with E-state index in [4.69, 9.17) is 9.47 Å². The summed E-state index contributed by atoms with van der Waals surface area (Å²) in [5.74, 6) is 2.22. The molecule has 0 aliphatic rings. The third-order valence-corrected chi connectivity index (χ3v) is 7.52. The van der Waals surface area contributed by atoms with E-state index in [0.29, 0.717) is 18.0 Å². The number of ether oxygens (including phenoxy) is 2. The Balaban J connectivity index is 1.35. The average molecular weight is 563 g/mol. The van der Waals surface area contributed by atoms with Crippen molar-refractivity contribution in [3.05, 3.63) is 60.9 Å². The Morgan fingerprint density at radius 1 is 0.561 bits per heavy atom. The number of rotatable bonds is 22. The van der Waals surface area contributed by atoms with Crippen molar-refractivity contribution in [3.8, 4) is 34.0 Å². The van der Waals surface area contributed by atoms with Crippen LogP contribution in [0.15, 0.2) is 60.9 Å². The van der Waals surface area contributed by atoms with Crippen LogP contribution in [0, 0.1) is 0 Å². The molecule has 0 fully saturated rings. The van der Waals surface area contributed by atoms with Gasteiger partial charge in [0.1, 0.15) is 24.3 Å². The monoisotopic (exact) mass is 562 g/mol. The first-order valence-electron chi connectivity index (χ1n) is 16.1. The number of hydrogen-bond donors (Lipinski definition) is 0. The molecule has 1 atom stereocenters. The lowest BCUT2D eigenvalue weighted by Crippen LogP contribution is -2.12. The summed E-state index contributed by atoms with van der Waals surface area (Å²) in [5.41, 5.74) is 2.92. The standard InChI is InChI=1S/C36H51FN2O2/c1-3-5-7-9-10-11-12-13-14-16-26-40-34-22-18-30(19-23-34)32-27-38-36(39-28-32)31-20-24-35(25-21-31)41-29-33(37)17-15-8-6-4-2/h18-25,27-28,33H,3-17,26,29H2,1-2H3. The number of alkyl halides is 1. The first-order valence-corrected chi connectivity index (χ1v) is 16.1. The highest BCUT2D eigenvalue weighted by atomic mass is 19.1. The summed E-state index contributed by atoms with van der Waals surface area (Å²) in [7, 11) is 0. The summed E-state index contributed by atoms with van der Waals surface area (Å²) in [6.07, 6.45) is 20.9. The molecule has 3 rings (SSSR count). The Morgan fingerprint density at radius 2 is 1.05 bits per heavy atom. The molecule has 41 heavy (non-hydrogen) atoms. The van der Waals surface area contributed by atoms with E-state index in [-0.39, 0.29) is 6.61 Å². The van der Waals surface area contributed by atoms with Gasteiger partial charge in [-0.05, 0) is 54.8 Å². The summed E-state index contributed by atoms with van der Waals surface area (Å²) in [6, 6.07) is 15.7. The van der Waals surface area contributed by atoms with Crippen LogP contribution in [-0.4, -0.2) is 29.4 Å². The van der Waals surface area contributed by atoms with E-state index in [1.54, 1.807) is 0 Å². The predicted molar refractivity (Wildman–Crippen MR) is 169 cm³/mol. The molecule has 0 saturated carbocycles. The second-order valence-electron chi connectivity index (χ2n) is 11.1. The summed E-state index contributed by atoms with van der Waals surface area (Å²) >= 11 is 0. The lowest BCUT2D eigenvalue weighted by molar-refractivity contribution is 0.184. The zero-order valence-electron chi connectivity index (χ0n) is 25.5. The quantitative estimate of drug-likeness (QED) is 0.114. The minimum absolute atomic E-state index is 0.0970. The van der Waals surface area contributed by atoms with Gasteiger partial charge in [0.25, 0.3) is 0 Å². The largest absolute Gasteiger partial charge is 0.494 e. The fourth-order valence-corrected chi connectivity index (χ4v) is 4.91. The molecule has 0 radical (unpaired) electrons. The minimum Gasteiger partial charge on any atom is -0.494 e. The molecule has 2 aromatic carbocycles. The van der Waals surface area contributed by atoms with Crippen LogP contribution >= 0.6 is 0 Å². The van der Waals surface area contributed by atoms with Crippen LogP contribution in [0.3, 0.4) is 0 Å². The molecule has 0 saturated heterocycles. The lowest BCUT2D eigenvalue weighted by Gasteiger charge is -2.11. The van der Waals surface area contributed by atoms with Gasteiger partial charge in [0, 0.05) is 23.5 Å². The number of unbranched alkanes of at least 4 members (excludes halogenated alkanes) is 12. The topological polar surface area (TPSA) is 44.2 Å². The molecular formula is C36H51FN2O2. The van der Waals surface area contributed by atoms with Crippen molar-refractivity contribution in [3.63, 3.8) is 0 Å². The lowest BCUT2D eigenvalue weighted by atomic mass is 10.1. The maximum atomic E-state index is 14.1. The second kappa shape index (κ2) is 20.0. The highest BCUT2D eigenvalue weighted by molar-refractivity contribution is 5.64. The molecule has 0 amide bonds. The molecule has 1 unspecified atom stereocenters. The van der Waals surface area contributed by atoms with Gasteiger partial charge in [0.2, 0.25) is 0 Å². The van der Waals surface area contributed by atoms with Gasteiger partial charge in [-0.15, -0.1) is 0 Å². The van der Waals surface area contributed by atoms with Crippen molar-refractivity contribution in [1.29, 1.82) is 0 Å². The van der Waals surface area contributed by atoms with E-state index in [1.165, 1.54) is 64.2 Å². The third-order valence-electron chi connectivity index (χ3n) is 7.52. The van der Waals surface area contributed by atoms with E-state index in [0.717, 1.165) is 54.7 Å². The number of halogens is 1. The molecule has 3 aromatic rings. The Labute approximate surface area is 248 Å². The first-order chi connectivity index (χ1) is 20.2. The third kappa shape index (κ3) is 13.1. The van der Waals surface area contributed by atoms with Crippen LogP contribution in [-0.2, 0) is 0 Å². The van der Waals surface area contributed by atoms with E-state index < -0.39 is 6.17 Å². The highest BCUT2D eigenvalue weighted by Gasteiger charge is 2.09. The summed E-state index contributed by atoms with van der Waals surface area (Å²) < 4.78 is 25.7. The molecule has 4 nitrogen and oxygen atoms in total. The molecule has 0 aliphatic heterocycles. The van der Waals surface area contributed by atoms with Gasteiger partial charge in [-0.25, -0.2) is 14.4 Å². The molecule has 0 N–H and O–H groups in total. The Bertz CT molecular complexity index is 1050. The Morgan fingerprint density at radius 3 is 1.63 bits per heavy atom. The zero-order chi connectivity index (χ0) is 29.0. The molecule has 0 aliphatic carbocycles. The van der Waals surface area contributed by atoms with E-state index in [9.17, 15) is 4.39 Å². The summed E-state index contributed by atoms with van der Waals surface area (Å²) in [4.78, 5) is 9.13. The predicted octanol–water partition coefficient (Wildman–Crippen LogP) is 10.8. The molecule has 0 spiro atoms. The number of aromatic nitrogens is 2. The molecule has 0 bridgehead atoms. The van der Waals surface area contributed by atoms with Crippen LogP contribution in [0.4, 0.5) is 4.39 Å². The van der Waals surface area contributed by atoms with Crippen molar-refractivity contribution in [2.24, 2.45) is 0 Å². The Kier molecular flexibility index (Phi) is 15.9. The number of hydrogen-bond acceptors (Lipinski definition) is 4. The van der Waals surface area contributed by atoms with Crippen molar-refractivity contribution in [2.45, 2.75) is 116 Å². The molecular weight excluding hydrogens is 511 g/mol. The molecule has 1 heterocycles.